The van der Waals surface area contributed by atoms with Crippen molar-refractivity contribution in [3.05, 3.63) is 59.7 Å². The molecule has 1 amide bonds. The van der Waals surface area contributed by atoms with Crippen molar-refractivity contribution in [2.75, 3.05) is 27.2 Å². The summed E-state index contributed by atoms with van der Waals surface area (Å²) in [6.07, 6.45) is 6.48. The van der Waals surface area contributed by atoms with Gasteiger partial charge in [-0.3, -0.25) is 4.79 Å². The number of carbonyl (C=O) groups is 1. The molecular weight excluding hydrogens is 382 g/mol. The molecule has 1 aliphatic carbocycles. The maximum absolute atomic E-state index is 13.5. The van der Waals surface area contributed by atoms with E-state index < -0.39 is 0 Å². The first-order chi connectivity index (χ1) is 15.1. The van der Waals surface area contributed by atoms with Gasteiger partial charge in [0.25, 0.3) is 0 Å². The number of amides is 1. The number of hydrogen-bond acceptors (Lipinski definition) is 2. The number of benzene rings is 2. The average molecular weight is 416 g/mol. The van der Waals surface area contributed by atoms with E-state index in [0.29, 0.717) is 19.0 Å². The van der Waals surface area contributed by atoms with E-state index in [2.05, 4.69) is 72.1 Å². The number of fused-ring (bicyclic) bond motifs is 5. The van der Waals surface area contributed by atoms with E-state index in [4.69, 9.17) is 0 Å². The van der Waals surface area contributed by atoms with Gasteiger partial charge in [0.1, 0.15) is 6.54 Å². The Morgan fingerprint density at radius 1 is 0.935 bits per heavy atom. The smallest absolute Gasteiger partial charge is 0.242 e. The summed E-state index contributed by atoms with van der Waals surface area (Å²) in [5, 5.41) is 1.34. The van der Waals surface area contributed by atoms with Crippen molar-refractivity contribution in [2.24, 2.45) is 0 Å². The van der Waals surface area contributed by atoms with Crippen LogP contribution < -0.4 is 0 Å². The topological polar surface area (TPSA) is 28.5 Å². The molecule has 2 aliphatic rings. The molecule has 162 valence electrons. The molecule has 4 heteroatoms. The molecule has 1 aliphatic heterocycles. The Labute approximate surface area is 185 Å². The predicted octanol–water partition coefficient (Wildman–Crippen LogP) is 5.26. The maximum Gasteiger partial charge on any atom is 0.242 e. The highest BCUT2D eigenvalue weighted by Gasteiger charge is 2.30. The third-order valence-electron chi connectivity index (χ3n) is 7.12. The summed E-state index contributed by atoms with van der Waals surface area (Å²) in [6, 6.07) is 17.5. The number of nitrogens with zero attached hydrogens (tertiary/aromatic N) is 3. The van der Waals surface area contributed by atoms with Crippen LogP contribution in [-0.4, -0.2) is 47.5 Å². The van der Waals surface area contributed by atoms with E-state index in [1.165, 1.54) is 65.4 Å². The van der Waals surface area contributed by atoms with Gasteiger partial charge in [0.15, 0.2) is 0 Å². The molecule has 0 N–H and O–H groups in total. The second-order valence-electron chi connectivity index (χ2n) is 9.48. The van der Waals surface area contributed by atoms with Gasteiger partial charge in [-0.2, -0.15) is 0 Å². The molecule has 0 saturated heterocycles. The second-order valence-corrected chi connectivity index (χ2v) is 9.48. The van der Waals surface area contributed by atoms with Gasteiger partial charge in [0.05, 0.1) is 5.69 Å². The van der Waals surface area contributed by atoms with Crippen LogP contribution in [0.2, 0.25) is 0 Å². The molecule has 0 radical (unpaired) electrons. The molecule has 1 aromatic heterocycles. The predicted molar refractivity (Wildman–Crippen MR) is 127 cm³/mol. The zero-order valence-corrected chi connectivity index (χ0v) is 18.8. The van der Waals surface area contributed by atoms with E-state index in [1.54, 1.807) is 0 Å². The van der Waals surface area contributed by atoms with Gasteiger partial charge in [-0.15, -0.1) is 0 Å². The summed E-state index contributed by atoms with van der Waals surface area (Å²) in [4.78, 5) is 17.7. The number of likely N-dealkylation sites (N-methyl/N-ethyl adjacent to an activating group) is 1. The number of carbonyl (C=O) groups excluding carboxylic acids is 1. The van der Waals surface area contributed by atoms with Gasteiger partial charge in [-0.05, 0) is 50.0 Å². The molecule has 0 atom stereocenters. The van der Waals surface area contributed by atoms with E-state index >= 15 is 0 Å². The van der Waals surface area contributed by atoms with Gasteiger partial charge < -0.3 is 14.4 Å². The normalized spacial score (nSPS) is 17.5. The Bertz CT molecular complexity index is 1090. The second kappa shape index (κ2) is 8.51. The fourth-order valence-corrected chi connectivity index (χ4v) is 5.53. The Balaban J connectivity index is 1.71. The fraction of sp³-hybridized carbons (Fsp3) is 0.444. The molecule has 0 unspecified atom stereocenters. The van der Waals surface area contributed by atoms with Crippen molar-refractivity contribution < 1.29 is 4.79 Å². The van der Waals surface area contributed by atoms with Gasteiger partial charge in [-0.1, -0.05) is 61.7 Å². The standard InChI is InChI=1S/C27H33N3O/c1-28(2)16-17-29-18-21-12-6-7-13-22(21)27-26(20-10-4-3-5-11-20)23-14-8-9-15-24(23)30(27)19-25(29)31/h6-9,12-15,20H,3-5,10-11,16-19H2,1-2H3. The third-order valence-corrected chi connectivity index (χ3v) is 7.12. The largest absolute Gasteiger partial charge is 0.336 e. The number of rotatable bonds is 4. The minimum Gasteiger partial charge on any atom is -0.336 e. The van der Waals surface area contributed by atoms with Gasteiger partial charge >= 0.3 is 0 Å². The summed E-state index contributed by atoms with van der Waals surface area (Å²) in [5.41, 5.74) is 6.55. The number of aromatic nitrogens is 1. The lowest BCUT2D eigenvalue weighted by molar-refractivity contribution is -0.132. The first-order valence-electron chi connectivity index (χ1n) is 11.8. The maximum atomic E-state index is 13.5. The highest BCUT2D eigenvalue weighted by Crippen LogP contribution is 2.45. The van der Waals surface area contributed by atoms with Crippen LogP contribution in [-0.2, 0) is 17.9 Å². The lowest BCUT2D eigenvalue weighted by Gasteiger charge is -2.30. The Morgan fingerprint density at radius 2 is 1.68 bits per heavy atom. The van der Waals surface area contributed by atoms with E-state index in [-0.39, 0.29) is 5.91 Å². The van der Waals surface area contributed by atoms with Crippen molar-refractivity contribution >= 4 is 16.8 Å². The lowest BCUT2D eigenvalue weighted by Crippen LogP contribution is -2.39. The zero-order chi connectivity index (χ0) is 21.4. The molecule has 2 aromatic carbocycles. The van der Waals surface area contributed by atoms with Crippen LogP contribution in [0.3, 0.4) is 0 Å². The molecule has 4 nitrogen and oxygen atoms in total. The van der Waals surface area contributed by atoms with Crippen molar-refractivity contribution in [3.63, 3.8) is 0 Å². The molecule has 3 aromatic rings. The molecule has 0 bridgehead atoms. The quantitative estimate of drug-likeness (QED) is 0.581. The van der Waals surface area contributed by atoms with Crippen molar-refractivity contribution in [1.29, 1.82) is 0 Å². The van der Waals surface area contributed by atoms with Crippen LogP contribution in [0.1, 0.15) is 49.1 Å². The van der Waals surface area contributed by atoms with E-state index in [1.807, 2.05) is 4.90 Å². The molecular formula is C27H33N3O. The highest BCUT2D eigenvalue weighted by atomic mass is 16.2. The van der Waals surface area contributed by atoms with Crippen LogP contribution >= 0.6 is 0 Å². The van der Waals surface area contributed by atoms with Crippen LogP contribution in [0.15, 0.2) is 48.5 Å². The minimum atomic E-state index is 0.216. The Morgan fingerprint density at radius 3 is 2.48 bits per heavy atom. The zero-order valence-electron chi connectivity index (χ0n) is 18.8. The van der Waals surface area contributed by atoms with Gasteiger partial charge in [-0.25, -0.2) is 0 Å². The van der Waals surface area contributed by atoms with Crippen LogP contribution in [0.25, 0.3) is 22.2 Å². The summed E-state index contributed by atoms with van der Waals surface area (Å²) in [6.45, 7) is 2.74. The number of para-hydroxylation sites is 1. The van der Waals surface area contributed by atoms with Crippen molar-refractivity contribution in [2.45, 2.75) is 51.1 Å². The first kappa shape index (κ1) is 20.3. The summed E-state index contributed by atoms with van der Waals surface area (Å²) in [7, 11) is 4.13. The van der Waals surface area contributed by atoms with Gasteiger partial charge in [0.2, 0.25) is 5.91 Å². The summed E-state index contributed by atoms with van der Waals surface area (Å²) in [5.74, 6) is 0.802. The molecule has 2 heterocycles. The fourth-order valence-electron chi connectivity index (χ4n) is 5.53. The summed E-state index contributed by atoms with van der Waals surface area (Å²) >= 11 is 0. The van der Waals surface area contributed by atoms with Crippen LogP contribution in [0.4, 0.5) is 0 Å². The summed E-state index contributed by atoms with van der Waals surface area (Å²) < 4.78 is 2.32. The van der Waals surface area contributed by atoms with Crippen molar-refractivity contribution in [1.82, 2.24) is 14.4 Å². The Kier molecular flexibility index (Phi) is 5.58. The monoisotopic (exact) mass is 415 g/mol. The average Bonchev–Trinajstić information content (AvgIpc) is 3.10. The third kappa shape index (κ3) is 3.78. The molecule has 0 spiro atoms. The number of hydrogen-bond donors (Lipinski definition) is 0. The Hall–Kier alpha value is -2.59. The minimum absolute atomic E-state index is 0.216. The van der Waals surface area contributed by atoms with E-state index in [9.17, 15) is 4.79 Å². The molecule has 31 heavy (non-hydrogen) atoms. The van der Waals surface area contributed by atoms with Crippen LogP contribution in [0.5, 0.6) is 0 Å². The van der Waals surface area contributed by atoms with Crippen molar-refractivity contribution in [3.8, 4) is 11.3 Å². The first-order valence-corrected chi connectivity index (χ1v) is 11.8. The highest BCUT2D eigenvalue weighted by molar-refractivity contribution is 5.95. The molecule has 1 saturated carbocycles. The SMILES string of the molecule is CN(C)CCN1Cc2ccccc2-c2c(C3CCCCC3)c3ccccc3n2CC1=O. The molecule has 5 rings (SSSR count). The van der Waals surface area contributed by atoms with Gasteiger partial charge in [0, 0.05) is 36.1 Å². The van der Waals surface area contributed by atoms with E-state index in [0.717, 1.165) is 13.1 Å². The van der Waals surface area contributed by atoms with Crippen LogP contribution in [0, 0.1) is 0 Å². The lowest BCUT2D eigenvalue weighted by atomic mass is 9.81. The molecule has 1 fully saturated rings.